The number of aliphatic hydroxyl groups excluding tert-OH is 2. The lowest BCUT2D eigenvalue weighted by Gasteiger charge is -2.28. The van der Waals surface area contributed by atoms with E-state index in [1.807, 2.05) is 0 Å². The van der Waals surface area contributed by atoms with Gasteiger partial charge in [0.15, 0.2) is 5.78 Å². The predicted molar refractivity (Wildman–Crippen MR) is 368 cm³/mol. The number of aliphatic hydroxyl groups is 2. The number of ketones is 3. The average Bonchev–Trinajstić information content (AvgIpc) is 1.29. The number of rotatable bonds is 43. The molecule has 0 radical (unpaired) electrons. The number of nitrogens with zero attached hydrogens (tertiary/aromatic N) is 1. The number of nitrogens with two attached hydrogens (primary N) is 1. The van der Waals surface area contributed by atoms with Gasteiger partial charge < -0.3 is 68.7 Å². The first-order valence-corrected chi connectivity index (χ1v) is 35.2. The third-order valence-electron chi connectivity index (χ3n) is 15.4. The van der Waals surface area contributed by atoms with Gasteiger partial charge in [-0.05, 0) is 87.2 Å². The summed E-state index contributed by atoms with van der Waals surface area (Å²) in [5, 5.41) is 57.5. The van der Waals surface area contributed by atoms with E-state index >= 15 is 0 Å². The van der Waals surface area contributed by atoms with Gasteiger partial charge in [-0.2, -0.15) is 0 Å². The second kappa shape index (κ2) is 40.9. The lowest BCUT2D eigenvalue weighted by molar-refractivity contribution is -0.142. The van der Waals surface area contributed by atoms with Crippen molar-refractivity contribution in [2.45, 2.75) is 152 Å². The zero-order chi connectivity index (χ0) is 72.9. The molecule has 0 saturated carbocycles. The third kappa shape index (κ3) is 26.1. The SMILES string of the molecule is CC(=O)NC(CSC1CC(=O)N(CCCC(=O)Nc2ccc3c(c2)C(=O)C(SCCO)=C(SCCO)C3=O)C1=O)C(=O)NC(Cc1ccccc1)C(=O)NC(Cc1ccccc1)C(=O)NC(CCCCN)C(=O)NC(CC(=O)O)C(=O)NC(CCC(=O)O)C(=O)NC(CC(C)C)C(C)=O. The van der Waals surface area contributed by atoms with E-state index in [0.717, 1.165) is 47.1 Å². The summed E-state index contributed by atoms with van der Waals surface area (Å²) in [6.07, 6.45) is -2.44. The van der Waals surface area contributed by atoms with Gasteiger partial charge >= 0.3 is 11.9 Å². The van der Waals surface area contributed by atoms with Crippen molar-refractivity contribution < 1.29 is 92.3 Å². The first kappa shape index (κ1) is 80.9. The minimum atomic E-state index is -1.92. The van der Waals surface area contributed by atoms with Crippen LogP contribution in [0.2, 0.25) is 0 Å². The summed E-state index contributed by atoms with van der Waals surface area (Å²) < 4.78 is 0. The normalized spacial score (nSPS) is 15.7. The molecule has 10 amide bonds. The standard InChI is InChI=1S/C67H86N10O19S3/c1-37(2)30-47(38(3)80)73-62(91)46(22-23-55(84)85)72-65(94)50(34-56(86)87)76-61(90)45(18-11-12-24-68)71-63(92)48(31-40-14-7-5-8-15-40)74-64(93)49(32-41-16-9-6-10-17-41)75-66(95)51(69-39(4)81)36-99-52-35-54(83)77(67(52)96)25-13-19-53(82)70-42-20-21-43-44(33-42)58(89)60(98-29-27-79)59(57(43)88)97-28-26-78/h5-10,14-17,20-21,33,37,45-52,78-79H,11-13,18-19,22-32,34-36,68H2,1-4H3,(H,69,81)(H,70,82)(H,71,92)(H,72,94)(H,73,91)(H,74,93)(H,75,95)(H,76,90)(H,84,85)(H,86,87). The average molecular weight is 1430 g/mol. The molecular weight excluding hydrogens is 1340 g/mol. The van der Waals surface area contributed by atoms with E-state index in [4.69, 9.17) is 5.73 Å². The van der Waals surface area contributed by atoms with Gasteiger partial charge in [-0.15, -0.1) is 35.3 Å². The largest absolute Gasteiger partial charge is 0.481 e. The molecule has 3 aromatic carbocycles. The van der Waals surface area contributed by atoms with Crippen LogP contribution < -0.4 is 48.3 Å². The van der Waals surface area contributed by atoms with Crippen LogP contribution in [0.1, 0.15) is 124 Å². The molecule has 2 aliphatic rings. The van der Waals surface area contributed by atoms with E-state index in [0.29, 0.717) is 17.5 Å². The lowest BCUT2D eigenvalue weighted by atomic mass is 9.94. The summed E-state index contributed by atoms with van der Waals surface area (Å²) in [7, 11) is 0. The monoisotopic (exact) mass is 1430 g/mol. The molecule has 8 unspecified atom stereocenters. The maximum absolute atomic E-state index is 14.8. The van der Waals surface area contributed by atoms with Crippen molar-refractivity contribution in [1.29, 1.82) is 0 Å². The van der Waals surface area contributed by atoms with Gasteiger partial charge in [-0.25, -0.2) is 0 Å². The number of carboxylic acids is 2. The third-order valence-corrected chi connectivity index (χ3v) is 19.0. The number of carboxylic acid groups (broad SMARTS) is 2. The van der Waals surface area contributed by atoms with Crippen LogP contribution in [0.3, 0.4) is 0 Å². The predicted octanol–water partition coefficient (Wildman–Crippen LogP) is 1.31. The van der Waals surface area contributed by atoms with Gasteiger partial charge in [0.25, 0.3) is 0 Å². The number of aliphatic carboxylic acids is 2. The van der Waals surface area contributed by atoms with Crippen molar-refractivity contribution in [1.82, 2.24) is 42.1 Å². The number of allylic oxidation sites excluding steroid dienone is 2. The molecule has 32 heteroatoms. The first-order valence-electron chi connectivity index (χ1n) is 32.2. The molecule has 1 fully saturated rings. The fourth-order valence-electron chi connectivity index (χ4n) is 10.5. The number of hydrogen-bond acceptors (Lipinski definition) is 21. The second-order valence-electron chi connectivity index (χ2n) is 23.8. The van der Waals surface area contributed by atoms with Crippen LogP contribution in [0.15, 0.2) is 88.7 Å². The Hall–Kier alpha value is -8.82. The smallest absolute Gasteiger partial charge is 0.305 e. The van der Waals surface area contributed by atoms with Gasteiger partial charge in [0.2, 0.25) is 70.6 Å². The highest BCUT2D eigenvalue weighted by Gasteiger charge is 2.41. The summed E-state index contributed by atoms with van der Waals surface area (Å²) in [4.78, 5) is 203. The second-order valence-corrected chi connectivity index (χ2v) is 27.3. The van der Waals surface area contributed by atoms with Crippen LogP contribution in [0.25, 0.3) is 0 Å². The van der Waals surface area contributed by atoms with Gasteiger partial charge in [0, 0.05) is 79.6 Å². The summed E-state index contributed by atoms with van der Waals surface area (Å²) >= 11 is 2.92. The number of carbonyl (C=O) groups is 15. The highest BCUT2D eigenvalue weighted by Crippen LogP contribution is 2.39. The van der Waals surface area contributed by atoms with Crippen molar-refractivity contribution in [2.24, 2.45) is 11.7 Å². The van der Waals surface area contributed by atoms with Crippen molar-refractivity contribution in [2.75, 3.05) is 48.9 Å². The number of benzene rings is 3. The number of unbranched alkanes of at least 4 members (excludes halogenated alkanes) is 1. The van der Waals surface area contributed by atoms with Crippen molar-refractivity contribution in [3.05, 3.63) is 111 Å². The Kier molecular flexibility index (Phi) is 33.4. The minimum Gasteiger partial charge on any atom is -0.481 e. The summed E-state index contributed by atoms with van der Waals surface area (Å²) in [6.45, 7) is 5.46. The Morgan fingerprint density at radius 3 is 1.57 bits per heavy atom. The molecule has 8 atom stereocenters. The van der Waals surface area contributed by atoms with E-state index < -0.39 is 155 Å². The molecule has 0 spiro atoms. The minimum absolute atomic E-state index is 0.0173. The van der Waals surface area contributed by atoms with Crippen LogP contribution >= 0.6 is 35.3 Å². The quantitative estimate of drug-likeness (QED) is 0.0281. The van der Waals surface area contributed by atoms with E-state index in [1.165, 1.54) is 25.1 Å². The van der Waals surface area contributed by atoms with E-state index in [-0.39, 0.29) is 127 Å². The molecule has 0 aromatic heterocycles. The summed E-state index contributed by atoms with van der Waals surface area (Å²) in [5.74, 6) is -12.7. The zero-order valence-electron chi connectivity index (χ0n) is 55.3. The lowest BCUT2D eigenvalue weighted by Crippen LogP contribution is -2.60. The van der Waals surface area contributed by atoms with Crippen molar-refractivity contribution in [3.63, 3.8) is 0 Å². The number of likely N-dealkylation sites (tertiary alicyclic amines) is 1. The molecular formula is C67H86N10O19S3. The van der Waals surface area contributed by atoms with Crippen LogP contribution in [-0.4, -0.2) is 205 Å². The fourth-order valence-corrected chi connectivity index (χ4v) is 13.6. The van der Waals surface area contributed by atoms with Crippen molar-refractivity contribution in [3.8, 4) is 0 Å². The molecule has 0 bridgehead atoms. The number of Topliss-reactive ketones (excluding diaryl/α,β-unsaturated/α-hetero) is 3. The Bertz CT molecular complexity index is 3470. The molecule has 99 heavy (non-hydrogen) atoms. The van der Waals surface area contributed by atoms with Crippen LogP contribution in [0.4, 0.5) is 5.69 Å². The number of thioether (sulfide) groups is 3. The Labute approximate surface area is 584 Å². The molecule has 29 nitrogen and oxygen atoms in total. The molecule has 1 aliphatic carbocycles. The van der Waals surface area contributed by atoms with Gasteiger partial charge in [0.1, 0.15) is 36.3 Å². The topological polar surface area (TPSA) is 462 Å². The number of imide groups is 1. The van der Waals surface area contributed by atoms with E-state index in [1.54, 1.807) is 74.5 Å². The number of hydrogen-bond donors (Lipinski definition) is 13. The number of anilines is 1. The highest BCUT2D eigenvalue weighted by atomic mass is 32.2. The fraction of sp³-hybridized carbons (Fsp3) is 0.478. The van der Waals surface area contributed by atoms with Crippen molar-refractivity contribution >= 4 is 129 Å². The molecule has 1 aliphatic heterocycles. The number of fused-ring (bicyclic) bond motifs is 1. The van der Waals surface area contributed by atoms with Gasteiger partial charge in [0.05, 0.1) is 40.7 Å². The molecule has 14 N–H and O–H groups in total. The van der Waals surface area contributed by atoms with Gasteiger partial charge in [-0.1, -0.05) is 74.5 Å². The Morgan fingerprint density at radius 2 is 1.06 bits per heavy atom. The number of nitrogens with one attached hydrogen (secondary N) is 8. The van der Waals surface area contributed by atoms with Crippen LogP contribution in [0.5, 0.6) is 0 Å². The van der Waals surface area contributed by atoms with Crippen LogP contribution in [-0.2, 0) is 75.2 Å². The number of amides is 10. The number of carbonyl (C=O) groups excluding carboxylic acids is 13. The Balaban J connectivity index is 1.30. The summed E-state index contributed by atoms with van der Waals surface area (Å²) in [6, 6.07) is 10.5. The maximum atomic E-state index is 14.8. The summed E-state index contributed by atoms with van der Waals surface area (Å²) in [5.41, 5.74) is 7.18. The first-order chi connectivity index (χ1) is 47.1. The van der Waals surface area contributed by atoms with E-state index in [9.17, 15) is 92.3 Å². The molecule has 536 valence electrons. The molecule has 1 saturated heterocycles. The zero-order valence-corrected chi connectivity index (χ0v) is 57.7. The van der Waals surface area contributed by atoms with Gasteiger partial charge in [-0.3, -0.25) is 76.8 Å². The van der Waals surface area contributed by atoms with Crippen LogP contribution in [0, 0.1) is 5.92 Å². The molecule has 5 rings (SSSR count). The Morgan fingerprint density at radius 1 is 0.566 bits per heavy atom. The highest BCUT2D eigenvalue weighted by molar-refractivity contribution is 8.08. The maximum Gasteiger partial charge on any atom is 0.305 e. The van der Waals surface area contributed by atoms with E-state index in [2.05, 4.69) is 42.5 Å². The molecule has 1 heterocycles. The molecule has 3 aromatic rings.